The highest BCUT2D eigenvalue weighted by molar-refractivity contribution is 5.58. The molecule has 5 nitrogen and oxygen atoms in total. The van der Waals surface area contributed by atoms with E-state index in [2.05, 4.69) is 16.0 Å². The zero-order valence-corrected chi connectivity index (χ0v) is 11.0. The molecule has 2 heterocycles. The van der Waals surface area contributed by atoms with Crippen molar-refractivity contribution in [2.75, 3.05) is 17.7 Å². The predicted octanol–water partition coefficient (Wildman–Crippen LogP) is 1.88. The Morgan fingerprint density at radius 1 is 1.42 bits per heavy atom. The number of aromatic nitrogens is 2. The lowest BCUT2D eigenvalue weighted by Gasteiger charge is -2.19. The molecule has 0 bridgehead atoms. The van der Waals surface area contributed by atoms with Crippen molar-refractivity contribution in [1.82, 2.24) is 9.97 Å². The Bertz CT molecular complexity index is 630. The molecular formula is C14H15N5. The van der Waals surface area contributed by atoms with E-state index in [4.69, 9.17) is 11.0 Å². The zero-order chi connectivity index (χ0) is 13.8. The molecule has 0 spiro atoms. The van der Waals surface area contributed by atoms with Crippen LogP contribution < -0.4 is 10.6 Å². The quantitative estimate of drug-likeness (QED) is 0.903. The molecule has 2 aromatic heterocycles. The van der Waals surface area contributed by atoms with E-state index in [9.17, 15) is 0 Å². The molecule has 96 valence electrons. The van der Waals surface area contributed by atoms with Crippen LogP contribution in [0.3, 0.4) is 0 Å². The normalized spacial score (nSPS) is 9.95. The average Bonchev–Trinajstić information content (AvgIpc) is 2.38. The number of hydrogen-bond donors (Lipinski definition) is 1. The molecule has 0 saturated carbocycles. The van der Waals surface area contributed by atoms with Crippen molar-refractivity contribution >= 4 is 11.5 Å². The minimum atomic E-state index is 0.468. The molecule has 0 atom stereocenters. The topological polar surface area (TPSA) is 78.8 Å². The van der Waals surface area contributed by atoms with E-state index in [0.717, 1.165) is 11.4 Å². The van der Waals surface area contributed by atoms with Crippen molar-refractivity contribution in [2.45, 2.75) is 13.5 Å². The predicted molar refractivity (Wildman–Crippen MR) is 74.4 cm³/mol. The second-order valence-electron chi connectivity index (χ2n) is 4.38. The fourth-order valence-electron chi connectivity index (χ4n) is 1.87. The van der Waals surface area contributed by atoms with Crippen LogP contribution in [0.5, 0.6) is 0 Å². The van der Waals surface area contributed by atoms with Crippen LogP contribution in [0.15, 0.2) is 30.5 Å². The highest BCUT2D eigenvalue weighted by Gasteiger charge is 2.10. The van der Waals surface area contributed by atoms with Gasteiger partial charge in [-0.05, 0) is 25.1 Å². The molecule has 2 rings (SSSR count). The maximum Gasteiger partial charge on any atom is 0.146 e. The summed E-state index contributed by atoms with van der Waals surface area (Å²) in [6, 6.07) is 9.60. The standard InChI is InChI=1S/C14H15N5/c1-10-4-3-5-13(18-10)9-19(2)14-11(7-15)6-12(16)8-17-14/h3-6,8H,9,16H2,1-2H3. The zero-order valence-electron chi connectivity index (χ0n) is 11.0. The van der Waals surface area contributed by atoms with Gasteiger partial charge >= 0.3 is 0 Å². The summed E-state index contributed by atoms with van der Waals surface area (Å²) >= 11 is 0. The van der Waals surface area contributed by atoms with Gasteiger partial charge in [-0.2, -0.15) is 5.26 Å². The van der Waals surface area contributed by atoms with Crippen LogP contribution in [0.1, 0.15) is 17.0 Å². The van der Waals surface area contributed by atoms with E-state index in [1.807, 2.05) is 37.1 Å². The Balaban J connectivity index is 2.25. The van der Waals surface area contributed by atoms with Gasteiger partial charge in [-0.15, -0.1) is 0 Å². The fourth-order valence-corrected chi connectivity index (χ4v) is 1.87. The van der Waals surface area contributed by atoms with Crippen LogP contribution in [0.4, 0.5) is 11.5 Å². The summed E-state index contributed by atoms with van der Waals surface area (Å²) in [5, 5.41) is 9.11. The summed E-state index contributed by atoms with van der Waals surface area (Å²) in [4.78, 5) is 10.5. The number of aryl methyl sites for hydroxylation is 1. The molecule has 2 aromatic rings. The number of pyridine rings is 2. The smallest absolute Gasteiger partial charge is 0.146 e. The molecule has 0 saturated heterocycles. The number of rotatable bonds is 3. The van der Waals surface area contributed by atoms with Gasteiger partial charge in [0.25, 0.3) is 0 Å². The Kier molecular flexibility index (Phi) is 3.62. The fraction of sp³-hybridized carbons (Fsp3) is 0.214. The molecule has 0 aliphatic rings. The largest absolute Gasteiger partial charge is 0.397 e. The molecule has 0 aromatic carbocycles. The highest BCUT2D eigenvalue weighted by atomic mass is 15.2. The third kappa shape index (κ3) is 2.99. The molecule has 2 N–H and O–H groups in total. The van der Waals surface area contributed by atoms with Gasteiger partial charge in [0.1, 0.15) is 11.9 Å². The van der Waals surface area contributed by atoms with Crippen LogP contribution >= 0.6 is 0 Å². The maximum absolute atomic E-state index is 9.11. The van der Waals surface area contributed by atoms with Crippen molar-refractivity contribution in [1.29, 1.82) is 5.26 Å². The van der Waals surface area contributed by atoms with Crippen molar-refractivity contribution in [3.05, 3.63) is 47.4 Å². The SMILES string of the molecule is Cc1cccc(CN(C)c2ncc(N)cc2C#N)n1. The second-order valence-corrected chi connectivity index (χ2v) is 4.38. The summed E-state index contributed by atoms with van der Waals surface area (Å²) in [5.41, 5.74) is 8.49. The van der Waals surface area contributed by atoms with Crippen molar-refractivity contribution in [2.24, 2.45) is 0 Å². The Morgan fingerprint density at radius 3 is 2.89 bits per heavy atom. The number of nitriles is 1. The van der Waals surface area contributed by atoms with Gasteiger partial charge in [0, 0.05) is 12.7 Å². The van der Waals surface area contributed by atoms with Crippen LogP contribution in [0, 0.1) is 18.3 Å². The summed E-state index contributed by atoms with van der Waals surface area (Å²) in [6.07, 6.45) is 1.55. The lowest BCUT2D eigenvalue weighted by molar-refractivity contribution is 0.857. The lowest BCUT2D eigenvalue weighted by Crippen LogP contribution is -2.20. The van der Waals surface area contributed by atoms with Gasteiger partial charge in [0.15, 0.2) is 0 Å². The molecule has 0 unspecified atom stereocenters. The first-order valence-electron chi connectivity index (χ1n) is 5.89. The lowest BCUT2D eigenvalue weighted by atomic mass is 10.2. The van der Waals surface area contributed by atoms with E-state index < -0.39 is 0 Å². The summed E-state index contributed by atoms with van der Waals surface area (Å²) in [7, 11) is 1.88. The summed E-state index contributed by atoms with van der Waals surface area (Å²) < 4.78 is 0. The van der Waals surface area contributed by atoms with Gasteiger partial charge < -0.3 is 10.6 Å². The highest BCUT2D eigenvalue weighted by Crippen LogP contribution is 2.19. The summed E-state index contributed by atoms with van der Waals surface area (Å²) in [6.45, 7) is 2.54. The Hall–Kier alpha value is -2.61. The van der Waals surface area contributed by atoms with Crippen LogP contribution in [0.25, 0.3) is 0 Å². The molecule has 0 fully saturated rings. The second kappa shape index (κ2) is 5.36. The van der Waals surface area contributed by atoms with Crippen molar-refractivity contribution in [3.8, 4) is 6.07 Å². The van der Waals surface area contributed by atoms with E-state index in [0.29, 0.717) is 23.6 Å². The number of anilines is 2. The first kappa shape index (κ1) is 12.8. The molecule has 0 aliphatic carbocycles. The number of hydrogen-bond acceptors (Lipinski definition) is 5. The van der Waals surface area contributed by atoms with Crippen molar-refractivity contribution < 1.29 is 0 Å². The molecule has 0 amide bonds. The molecule has 0 radical (unpaired) electrons. The molecule has 0 aliphatic heterocycles. The number of nitrogen functional groups attached to an aromatic ring is 1. The van der Waals surface area contributed by atoms with Crippen LogP contribution in [-0.4, -0.2) is 17.0 Å². The van der Waals surface area contributed by atoms with Gasteiger partial charge in [0.2, 0.25) is 0 Å². The maximum atomic E-state index is 9.11. The van der Waals surface area contributed by atoms with E-state index in [1.54, 1.807) is 12.3 Å². The Morgan fingerprint density at radius 2 is 2.21 bits per heavy atom. The van der Waals surface area contributed by atoms with E-state index in [-0.39, 0.29) is 0 Å². The Labute approximate surface area is 112 Å². The third-order valence-electron chi connectivity index (χ3n) is 2.72. The monoisotopic (exact) mass is 253 g/mol. The number of nitrogens with two attached hydrogens (primary N) is 1. The van der Waals surface area contributed by atoms with Gasteiger partial charge in [-0.3, -0.25) is 4.98 Å². The van der Waals surface area contributed by atoms with Crippen LogP contribution in [0.2, 0.25) is 0 Å². The van der Waals surface area contributed by atoms with Crippen LogP contribution in [-0.2, 0) is 6.54 Å². The third-order valence-corrected chi connectivity index (χ3v) is 2.72. The summed E-state index contributed by atoms with van der Waals surface area (Å²) in [5.74, 6) is 0.611. The van der Waals surface area contributed by atoms with Gasteiger partial charge in [-0.1, -0.05) is 6.07 Å². The molecule has 19 heavy (non-hydrogen) atoms. The first-order valence-corrected chi connectivity index (χ1v) is 5.89. The van der Waals surface area contributed by atoms with E-state index >= 15 is 0 Å². The minimum Gasteiger partial charge on any atom is -0.397 e. The molecule has 5 heteroatoms. The number of nitrogens with zero attached hydrogens (tertiary/aromatic N) is 4. The first-order chi connectivity index (χ1) is 9.10. The average molecular weight is 253 g/mol. The van der Waals surface area contributed by atoms with E-state index in [1.165, 1.54) is 0 Å². The van der Waals surface area contributed by atoms with Gasteiger partial charge in [-0.25, -0.2) is 4.98 Å². The molecular weight excluding hydrogens is 238 g/mol. The van der Waals surface area contributed by atoms with Crippen molar-refractivity contribution in [3.63, 3.8) is 0 Å². The minimum absolute atomic E-state index is 0.468. The van der Waals surface area contributed by atoms with Gasteiger partial charge in [0.05, 0.1) is 29.7 Å².